The summed E-state index contributed by atoms with van der Waals surface area (Å²) in [5, 5.41) is 0. The van der Waals surface area contributed by atoms with Crippen molar-refractivity contribution in [3.05, 3.63) is 59.7 Å². The molecule has 0 spiro atoms. The van der Waals surface area contributed by atoms with Gasteiger partial charge in [0.15, 0.2) is 0 Å². The summed E-state index contributed by atoms with van der Waals surface area (Å²) in [7, 11) is 0. The van der Waals surface area contributed by atoms with Gasteiger partial charge in [-0.25, -0.2) is 4.79 Å². The number of hydrogen-bond donors (Lipinski definition) is 0. The van der Waals surface area contributed by atoms with E-state index in [1.165, 1.54) is 5.56 Å². The summed E-state index contributed by atoms with van der Waals surface area (Å²) in [6.45, 7) is 8.37. The van der Waals surface area contributed by atoms with E-state index in [2.05, 4.69) is 6.07 Å². The number of nitrogens with zero attached hydrogens (tertiary/aromatic N) is 1. The average Bonchev–Trinajstić information content (AvgIpc) is 2.55. The molecule has 132 valence electrons. The Balaban J connectivity index is 1.80. The van der Waals surface area contributed by atoms with Crippen molar-refractivity contribution in [2.75, 3.05) is 6.54 Å². The van der Waals surface area contributed by atoms with Gasteiger partial charge < -0.3 is 14.4 Å². The summed E-state index contributed by atoms with van der Waals surface area (Å²) in [6, 6.07) is 15.8. The molecule has 4 heteroatoms. The average molecular weight is 339 g/mol. The monoisotopic (exact) mass is 339 g/mol. The van der Waals surface area contributed by atoms with Crippen LogP contribution in [0.25, 0.3) is 0 Å². The van der Waals surface area contributed by atoms with Crippen LogP contribution in [-0.4, -0.2) is 23.1 Å². The van der Waals surface area contributed by atoms with E-state index in [4.69, 9.17) is 9.47 Å². The molecule has 1 amide bonds. The highest BCUT2D eigenvalue weighted by molar-refractivity contribution is 5.69. The smallest absolute Gasteiger partial charge is 0.410 e. The minimum atomic E-state index is -0.491. The third-order valence-electron chi connectivity index (χ3n) is 4.26. The molecule has 0 saturated heterocycles. The number of carbonyl (C=O) groups is 1. The van der Waals surface area contributed by atoms with Crippen LogP contribution in [-0.2, 0) is 11.2 Å². The first-order valence-electron chi connectivity index (χ1n) is 8.69. The molecule has 0 aromatic heterocycles. The lowest BCUT2D eigenvalue weighted by Gasteiger charge is -2.36. The predicted octanol–water partition coefficient (Wildman–Crippen LogP) is 5.33. The summed E-state index contributed by atoms with van der Waals surface area (Å²) in [6.07, 6.45) is 0.560. The third kappa shape index (κ3) is 4.13. The first kappa shape index (κ1) is 17.3. The number of hydrogen-bond acceptors (Lipinski definition) is 3. The highest BCUT2D eigenvalue weighted by atomic mass is 16.6. The molecule has 25 heavy (non-hydrogen) atoms. The minimum Gasteiger partial charge on any atom is -0.457 e. The summed E-state index contributed by atoms with van der Waals surface area (Å²) < 4.78 is 11.5. The summed E-state index contributed by atoms with van der Waals surface area (Å²) in [4.78, 5) is 14.3. The van der Waals surface area contributed by atoms with E-state index < -0.39 is 5.60 Å². The van der Waals surface area contributed by atoms with E-state index in [9.17, 15) is 4.79 Å². The standard InChI is InChI=1S/C21H25NO3/c1-15-19-14-18(24-17-8-6-5-7-9-17)11-10-16(19)12-13-22(15)20(23)25-21(2,3)4/h5-11,14-15H,12-13H2,1-4H3/t15-/m1/s1. The summed E-state index contributed by atoms with van der Waals surface area (Å²) in [5.74, 6) is 1.58. The Morgan fingerprint density at radius 1 is 1.08 bits per heavy atom. The lowest BCUT2D eigenvalue weighted by Crippen LogP contribution is -2.42. The van der Waals surface area contributed by atoms with E-state index in [-0.39, 0.29) is 12.1 Å². The van der Waals surface area contributed by atoms with Crippen LogP contribution in [0.15, 0.2) is 48.5 Å². The van der Waals surface area contributed by atoms with Gasteiger partial charge in [-0.2, -0.15) is 0 Å². The van der Waals surface area contributed by atoms with Gasteiger partial charge in [0.05, 0.1) is 6.04 Å². The number of rotatable bonds is 2. The highest BCUT2D eigenvalue weighted by Crippen LogP contribution is 2.34. The van der Waals surface area contributed by atoms with Gasteiger partial charge in [-0.05, 0) is 69.5 Å². The topological polar surface area (TPSA) is 38.8 Å². The van der Waals surface area contributed by atoms with Crippen molar-refractivity contribution < 1.29 is 14.3 Å². The Labute approximate surface area is 149 Å². The van der Waals surface area contributed by atoms with Gasteiger partial charge in [-0.15, -0.1) is 0 Å². The second-order valence-corrected chi connectivity index (χ2v) is 7.38. The molecule has 4 nitrogen and oxygen atoms in total. The molecule has 0 aliphatic carbocycles. The lowest BCUT2D eigenvalue weighted by atomic mass is 9.93. The third-order valence-corrected chi connectivity index (χ3v) is 4.26. The Bertz CT molecular complexity index is 749. The van der Waals surface area contributed by atoms with Crippen LogP contribution in [0.3, 0.4) is 0 Å². The Kier molecular flexibility index (Phi) is 4.71. The fourth-order valence-electron chi connectivity index (χ4n) is 3.05. The van der Waals surface area contributed by atoms with Crippen LogP contribution < -0.4 is 4.74 Å². The molecule has 1 atom stereocenters. The molecular weight excluding hydrogens is 314 g/mol. The van der Waals surface area contributed by atoms with Crippen molar-refractivity contribution in [2.45, 2.75) is 45.8 Å². The molecule has 3 rings (SSSR count). The van der Waals surface area contributed by atoms with Gasteiger partial charge in [0.25, 0.3) is 0 Å². The Hall–Kier alpha value is -2.49. The maximum absolute atomic E-state index is 12.5. The molecule has 0 saturated carbocycles. The first-order chi connectivity index (χ1) is 11.8. The number of ether oxygens (including phenoxy) is 2. The molecule has 1 heterocycles. The van der Waals surface area contributed by atoms with Gasteiger partial charge in [0.2, 0.25) is 0 Å². The number of carbonyl (C=O) groups excluding carboxylic acids is 1. The Morgan fingerprint density at radius 2 is 1.80 bits per heavy atom. The largest absolute Gasteiger partial charge is 0.457 e. The molecule has 1 aliphatic heterocycles. The maximum atomic E-state index is 12.5. The van der Waals surface area contributed by atoms with Crippen LogP contribution in [0, 0.1) is 0 Å². The first-order valence-corrected chi connectivity index (χ1v) is 8.69. The van der Waals surface area contributed by atoms with E-state index in [0.29, 0.717) is 6.54 Å². The van der Waals surface area contributed by atoms with Crippen molar-refractivity contribution in [2.24, 2.45) is 0 Å². The van der Waals surface area contributed by atoms with Crippen LogP contribution in [0.5, 0.6) is 11.5 Å². The Morgan fingerprint density at radius 3 is 2.48 bits per heavy atom. The second kappa shape index (κ2) is 6.79. The van der Waals surface area contributed by atoms with Crippen LogP contribution in [0.2, 0.25) is 0 Å². The van der Waals surface area contributed by atoms with Crippen molar-refractivity contribution in [1.29, 1.82) is 0 Å². The second-order valence-electron chi connectivity index (χ2n) is 7.38. The van der Waals surface area contributed by atoms with Gasteiger partial charge >= 0.3 is 6.09 Å². The zero-order valence-corrected chi connectivity index (χ0v) is 15.3. The molecule has 2 aromatic carbocycles. The lowest BCUT2D eigenvalue weighted by molar-refractivity contribution is 0.0159. The normalized spacial score (nSPS) is 17.0. The van der Waals surface area contributed by atoms with Crippen molar-refractivity contribution in [3.63, 3.8) is 0 Å². The van der Waals surface area contributed by atoms with E-state index in [1.807, 2.05) is 70.2 Å². The molecule has 0 fully saturated rings. The van der Waals surface area contributed by atoms with E-state index >= 15 is 0 Å². The molecule has 0 unspecified atom stereocenters. The van der Waals surface area contributed by atoms with Gasteiger partial charge in [-0.3, -0.25) is 0 Å². The fraction of sp³-hybridized carbons (Fsp3) is 0.381. The highest BCUT2D eigenvalue weighted by Gasteiger charge is 2.31. The van der Waals surface area contributed by atoms with Crippen molar-refractivity contribution >= 4 is 6.09 Å². The molecule has 0 N–H and O–H groups in total. The van der Waals surface area contributed by atoms with Crippen LogP contribution in [0.1, 0.15) is 44.9 Å². The van der Waals surface area contributed by atoms with Crippen molar-refractivity contribution in [3.8, 4) is 11.5 Å². The quantitative estimate of drug-likeness (QED) is 0.742. The number of para-hydroxylation sites is 1. The molecule has 0 bridgehead atoms. The predicted molar refractivity (Wildman–Crippen MR) is 98.0 cm³/mol. The molecule has 0 radical (unpaired) electrons. The number of fused-ring (bicyclic) bond motifs is 1. The van der Waals surface area contributed by atoms with Crippen LogP contribution >= 0.6 is 0 Å². The van der Waals surface area contributed by atoms with Crippen LogP contribution in [0.4, 0.5) is 4.79 Å². The molecular formula is C21H25NO3. The van der Waals surface area contributed by atoms with Crippen molar-refractivity contribution in [1.82, 2.24) is 4.90 Å². The van der Waals surface area contributed by atoms with Gasteiger partial charge in [0, 0.05) is 6.54 Å². The maximum Gasteiger partial charge on any atom is 0.410 e. The summed E-state index contributed by atoms with van der Waals surface area (Å²) >= 11 is 0. The van der Waals surface area contributed by atoms with E-state index in [0.717, 1.165) is 23.5 Å². The number of amides is 1. The molecule has 1 aliphatic rings. The SMILES string of the molecule is C[C@@H]1c2cc(Oc3ccccc3)ccc2CCN1C(=O)OC(C)(C)C. The van der Waals surface area contributed by atoms with E-state index in [1.54, 1.807) is 4.90 Å². The zero-order valence-electron chi connectivity index (χ0n) is 15.3. The number of benzene rings is 2. The summed E-state index contributed by atoms with van der Waals surface area (Å²) in [5.41, 5.74) is 1.88. The molecule has 2 aromatic rings. The fourth-order valence-corrected chi connectivity index (χ4v) is 3.05. The van der Waals surface area contributed by atoms with Gasteiger partial charge in [-0.1, -0.05) is 24.3 Å². The minimum absolute atomic E-state index is 0.0436. The van der Waals surface area contributed by atoms with Gasteiger partial charge in [0.1, 0.15) is 17.1 Å². The zero-order chi connectivity index (χ0) is 18.0.